The van der Waals surface area contributed by atoms with Gasteiger partial charge in [0.05, 0.1) is 11.1 Å². The normalized spacial score (nSPS) is 12.1. The molecule has 0 atom stereocenters. The zero-order valence-electron chi connectivity index (χ0n) is 11.6. The van der Waals surface area contributed by atoms with E-state index >= 15 is 0 Å². The summed E-state index contributed by atoms with van der Waals surface area (Å²) in [7, 11) is 0. The molecule has 0 aromatic heterocycles. The number of carboxylic acids is 1. The highest BCUT2D eigenvalue weighted by Crippen LogP contribution is 2.36. The summed E-state index contributed by atoms with van der Waals surface area (Å²) in [5.74, 6) is -2.67. The van der Waals surface area contributed by atoms with Crippen LogP contribution in [0.25, 0.3) is 0 Å². The number of likely N-dealkylation sites (N-methyl/N-ethyl adjacent to an activating group) is 1. The Morgan fingerprint density at radius 3 is 1.74 bits per heavy atom. The zero-order valence-corrected chi connectivity index (χ0v) is 11.6. The van der Waals surface area contributed by atoms with E-state index in [1.165, 1.54) is 6.92 Å². The van der Waals surface area contributed by atoms with Crippen molar-refractivity contribution in [1.82, 2.24) is 4.90 Å². The van der Waals surface area contributed by atoms with Gasteiger partial charge in [0, 0.05) is 12.1 Å². The quantitative estimate of drug-likeness (QED) is 0.854. The molecule has 1 amide bonds. The Hall–Kier alpha value is -2.26. The largest absolute Gasteiger partial charge is 0.480 e. The number of carbonyl (C=O) groups is 2. The predicted octanol–water partition coefficient (Wildman–Crippen LogP) is 3.27. The summed E-state index contributed by atoms with van der Waals surface area (Å²) in [6, 6.07) is 0.425. The first-order valence-electron chi connectivity index (χ1n) is 6.16. The van der Waals surface area contributed by atoms with E-state index in [0.717, 1.165) is 0 Å². The first-order chi connectivity index (χ1) is 10.4. The molecule has 4 nitrogen and oxygen atoms in total. The average molecular weight is 343 g/mol. The van der Waals surface area contributed by atoms with Crippen molar-refractivity contribution in [1.29, 1.82) is 0 Å². The minimum absolute atomic E-state index is 0.107. The third kappa shape index (κ3) is 4.86. The van der Waals surface area contributed by atoms with Gasteiger partial charge in [-0.2, -0.15) is 26.3 Å². The summed E-state index contributed by atoms with van der Waals surface area (Å²) in [6.45, 7) is 0.314. The molecule has 0 saturated carbocycles. The standard InChI is InChI=1S/C13H11F6NO3/c1-2-20(6-10(21)22)11(23)7-3-8(12(14,15)16)5-9(4-7)13(17,18)19/h3-5H,2,6H2,1H3,(H,21,22). The Balaban J connectivity index is 3.39. The molecule has 23 heavy (non-hydrogen) atoms. The van der Waals surface area contributed by atoms with Crippen LogP contribution in [0.15, 0.2) is 18.2 Å². The molecule has 0 heterocycles. The lowest BCUT2D eigenvalue weighted by Crippen LogP contribution is -2.35. The SMILES string of the molecule is CCN(CC(=O)O)C(=O)c1cc(C(F)(F)F)cc(C(F)(F)F)c1. The monoisotopic (exact) mass is 343 g/mol. The Kier molecular flexibility index (Phi) is 5.28. The molecule has 0 bridgehead atoms. The Morgan fingerprint density at radius 2 is 1.43 bits per heavy atom. The lowest BCUT2D eigenvalue weighted by atomic mass is 10.0. The number of amides is 1. The van der Waals surface area contributed by atoms with Crippen molar-refractivity contribution in [2.75, 3.05) is 13.1 Å². The number of halogens is 6. The van der Waals surface area contributed by atoms with Gasteiger partial charge >= 0.3 is 18.3 Å². The summed E-state index contributed by atoms with van der Waals surface area (Å²) < 4.78 is 76.2. The van der Waals surface area contributed by atoms with E-state index in [0.29, 0.717) is 4.90 Å². The number of alkyl halides is 6. The third-order valence-corrected chi connectivity index (χ3v) is 2.83. The zero-order chi connectivity index (χ0) is 18.0. The number of hydrogen-bond acceptors (Lipinski definition) is 2. The van der Waals surface area contributed by atoms with Crippen molar-refractivity contribution in [3.63, 3.8) is 0 Å². The van der Waals surface area contributed by atoms with Gasteiger partial charge in [-0.15, -0.1) is 0 Å². The van der Waals surface area contributed by atoms with E-state index in [1.54, 1.807) is 0 Å². The van der Waals surface area contributed by atoms with Crippen molar-refractivity contribution < 1.29 is 41.0 Å². The van der Waals surface area contributed by atoms with Gasteiger partial charge in [-0.05, 0) is 25.1 Å². The van der Waals surface area contributed by atoms with Crippen LogP contribution in [0.5, 0.6) is 0 Å². The van der Waals surface area contributed by atoms with Crippen molar-refractivity contribution in [2.45, 2.75) is 19.3 Å². The van der Waals surface area contributed by atoms with Crippen LogP contribution >= 0.6 is 0 Å². The molecule has 0 radical (unpaired) electrons. The molecule has 0 unspecified atom stereocenters. The molecular weight excluding hydrogens is 332 g/mol. The number of hydrogen-bond donors (Lipinski definition) is 1. The molecule has 1 aromatic carbocycles. The molecule has 1 N–H and O–H groups in total. The van der Waals surface area contributed by atoms with E-state index < -0.39 is 47.5 Å². The van der Waals surface area contributed by atoms with Gasteiger partial charge in [-0.25, -0.2) is 0 Å². The van der Waals surface area contributed by atoms with Gasteiger partial charge in [0.2, 0.25) is 0 Å². The number of aliphatic carboxylic acids is 1. The molecular formula is C13H11F6NO3. The number of benzene rings is 1. The second-order valence-electron chi connectivity index (χ2n) is 4.51. The maximum Gasteiger partial charge on any atom is 0.416 e. The summed E-state index contributed by atoms with van der Waals surface area (Å²) in [6.07, 6.45) is -10.2. The smallest absolute Gasteiger partial charge is 0.416 e. The molecule has 0 aliphatic rings. The minimum Gasteiger partial charge on any atom is -0.480 e. The molecule has 0 spiro atoms. The van der Waals surface area contributed by atoms with E-state index in [2.05, 4.69) is 0 Å². The van der Waals surface area contributed by atoms with E-state index in [1.807, 2.05) is 0 Å². The number of rotatable bonds is 4. The molecule has 0 fully saturated rings. The van der Waals surface area contributed by atoms with Crippen LogP contribution < -0.4 is 0 Å². The Morgan fingerprint density at radius 1 is 1.00 bits per heavy atom. The van der Waals surface area contributed by atoms with Crippen molar-refractivity contribution in [3.05, 3.63) is 34.9 Å². The van der Waals surface area contributed by atoms with Gasteiger partial charge < -0.3 is 10.0 Å². The average Bonchev–Trinajstić information content (AvgIpc) is 2.41. The number of nitrogens with zero attached hydrogens (tertiary/aromatic N) is 1. The lowest BCUT2D eigenvalue weighted by Gasteiger charge is -2.20. The number of carboxylic acid groups (broad SMARTS) is 1. The first kappa shape index (κ1) is 18.8. The Labute approximate surface area is 126 Å². The van der Waals surface area contributed by atoms with E-state index in [9.17, 15) is 35.9 Å². The van der Waals surface area contributed by atoms with Crippen LogP contribution in [0.4, 0.5) is 26.3 Å². The van der Waals surface area contributed by atoms with Crippen molar-refractivity contribution in [3.8, 4) is 0 Å². The topological polar surface area (TPSA) is 57.6 Å². The van der Waals surface area contributed by atoms with Gasteiger partial charge in [0.15, 0.2) is 0 Å². The van der Waals surface area contributed by atoms with Crippen LogP contribution in [0.3, 0.4) is 0 Å². The summed E-state index contributed by atoms with van der Waals surface area (Å²) >= 11 is 0. The van der Waals surface area contributed by atoms with Gasteiger partial charge in [-0.1, -0.05) is 0 Å². The van der Waals surface area contributed by atoms with Crippen molar-refractivity contribution >= 4 is 11.9 Å². The molecule has 128 valence electrons. The molecule has 1 rings (SSSR count). The highest BCUT2D eigenvalue weighted by molar-refractivity contribution is 5.96. The van der Waals surface area contributed by atoms with E-state index in [-0.39, 0.29) is 24.7 Å². The maximum absolute atomic E-state index is 12.7. The fraction of sp³-hybridized carbons (Fsp3) is 0.385. The summed E-state index contributed by atoms with van der Waals surface area (Å²) in [5, 5.41) is 8.62. The van der Waals surface area contributed by atoms with E-state index in [4.69, 9.17) is 5.11 Å². The van der Waals surface area contributed by atoms with Crippen LogP contribution in [-0.2, 0) is 17.1 Å². The Bertz CT molecular complexity index is 576. The lowest BCUT2D eigenvalue weighted by molar-refractivity contribution is -0.143. The predicted molar refractivity (Wildman–Crippen MR) is 65.7 cm³/mol. The first-order valence-corrected chi connectivity index (χ1v) is 6.16. The second kappa shape index (κ2) is 6.47. The van der Waals surface area contributed by atoms with Crippen molar-refractivity contribution in [2.24, 2.45) is 0 Å². The van der Waals surface area contributed by atoms with Gasteiger partial charge in [0.1, 0.15) is 6.54 Å². The van der Waals surface area contributed by atoms with Crippen LogP contribution in [0.1, 0.15) is 28.4 Å². The van der Waals surface area contributed by atoms with Gasteiger partial charge in [0.25, 0.3) is 5.91 Å². The highest BCUT2D eigenvalue weighted by Gasteiger charge is 2.37. The van der Waals surface area contributed by atoms with Gasteiger partial charge in [-0.3, -0.25) is 9.59 Å². The fourth-order valence-electron chi connectivity index (χ4n) is 1.75. The fourth-order valence-corrected chi connectivity index (χ4v) is 1.75. The molecule has 0 aliphatic carbocycles. The molecule has 0 aliphatic heterocycles. The second-order valence-corrected chi connectivity index (χ2v) is 4.51. The summed E-state index contributed by atoms with van der Waals surface area (Å²) in [5.41, 5.74) is -4.15. The molecule has 0 saturated heterocycles. The van der Waals surface area contributed by atoms with Crippen LogP contribution in [0.2, 0.25) is 0 Å². The van der Waals surface area contributed by atoms with Crippen LogP contribution in [-0.4, -0.2) is 35.0 Å². The maximum atomic E-state index is 12.7. The highest BCUT2D eigenvalue weighted by atomic mass is 19.4. The summed E-state index contributed by atoms with van der Waals surface area (Å²) in [4.78, 5) is 23.2. The molecule has 1 aromatic rings. The number of carbonyl (C=O) groups excluding carboxylic acids is 1. The third-order valence-electron chi connectivity index (χ3n) is 2.83. The molecule has 10 heteroatoms. The minimum atomic E-state index is -5.08. The van der Waals surface area contributed by atoms with Crippen LogP contribution in [0, 0.1) is 0 Å².